The molecule has 0 saturated heterocycles. The van der Waals surface area contributed by atoms with E-state index in [9.17, 15) is 4.79 Å². The Labute approximate surface area is 120 Å². The van der Waals surface area contributed by atoms with E-state index in [2.05, 4.69) is 20.6 Å². The van der Waals surface area contributed by atoms with Gasteiger partial charge < -0.3 is 10.6 Å². The summed E-state index contributed by atoms with van der Waals surface area (Å²) >= 11 is 11.7. The first-order valence-electron chi connectivity index (χ1n) is 5.38. The van der Waals surface area contributed by atoms with Gasteiger partial charge in [-0.2, -0.15) is 4.98 Å². The van der Waals surface area contributed by atoms with Crippen LogP contribution in [0.5, 0.6) is 0 Å². The van der Waals surface area contributed by atoms with Crippen LogP contribution in [0, 0.1) is 0 Å². The number of nitrogens with one attached hydrogen (secondary N) is 2. The summed E-state index contributed by atoms with van der Waals surface area (Å²) in [5.74, 6) is 0.209. The lowest BCUT2D eigenvalue weighted by Crippen LogP contribution is -2.08. The molecule has 2 N–H and O–H groups in total. The molecule has 19 heavy (non-hydrogen) atoms. The zero-order valence-corrected chi connectivity index (χ0v) is 11.5. The van der Waals surface area contributed by atoms with Crippen molar-refractivity contribution in [3.63, 3.8) is 0 Å². The summed E-state index contributed by atoms with van der Waals surface area (Å²) in [5.41, 5.74) is 1.29. The number of carbonyl (C=O) groups excluding carboxylic acids is 1. The van der Waals surface area contributed by atoms with E-state index in [1.165, 1.54) is 13.1 Å². The van der Waals surface area contributed by atoms with Crippen LogP contribution in [0.4, 0.5) is 17.2 Å². The number of benzene rings is 1. The minimum absolute atomic E-state index is 0.0870. The first kappa shape index (κ1) is 13.6. The Balaban J connectivity index is 2.32. The number of hydrogen-bond donors (Lipinski definition) is 2. The highest BCUT2D eigenvalue weighted by atomic mass is 35.5. The van der Waals surface area contributed by atoms with Crippen LogP contribution in [-0.4, -0.2) is 15.9 Å². The van der Waals surface area contributed by atoms with Gasteiger partial charge in [0.2, 0.25) is 11.2 Å². The molecule has 0 atom stereocenters. The first-order valence-corrected chi connectivity index (χ1v) is 6.13. The molecule has 0 aliphatic carbocycles. The minimum Gasteiger partial charge on any atom is -0.337 e. The fourth-order valence-electron chi connectivity index (χ4n) is 1.45. The third-order valence-corrected chi connectivity index (χ3v) is 2.66. The summed E-state index contributed by atoms with van der Waals surface area (Å²) in [5, 5.41) is 6.13. The third kappa shape index (κ3) is 3.56. The molecule has 0 saturated carbocycles. The van der Waals surface area contributed by atoms with Crippen molar-refractivity contribution in [3.05, 3.63) is 40.8 Å². The third-order valence-electron chi connectivity index (χ3n) is 2.21. The molecule has 0 radical (unpaired) electrons. The number of carbonyl (C=O) groups is 1. The molecule has 2 aromatic rings. The molecule has 0 unspecified atom stereocenters. The second kappa shape index (κ2) is 5.86. The Bertz CT molecular complexity index is 618. The highest BCUT2D eigenvalue weighted by Crippen LogP contribution is 2.28. The molecule has 0 aliphatic rings. The van der Waals surface area contributed by atoms with Crippen molar-refractivity contribution >= 4 is 46.3 Å². The van der Waals surface area contributed by atoms with Crippen molar-refractivity contribution in [1.29, 1.82) is 0 Å². The Morgan fingerprint density at radius 2 is 1.89 bits per heavy atom. The van der Waals surface area contributed by atoms with Gasteiger partial charge in [-0.1, -0.05) is 23.7 Å². The second-order valence-corrected chi connectivity index (χ2v) is 4.43. The molecule has 0 bridgehead atoms. The van der Waals surface area contributed by atoms with Gasteiger partial charge in [0, 0.05) is 6.92 Å². The Hall–Kier alpha value is -1.85. The van der Waals surface area contributed by atoms with Crippen molar-refractivity contribution < 1.29 is 4.79 Å². The lowest BCUT2D eigenvalue weighted by Gasteiger charge is -2.12. The highest BCUT2D eigenvalue weighted by molar-refractivity contribution is 6.33. The normalized spacial score (nSPS) is 10.1. The zero-order valence-electron chi connectivity index (χ0n) is 9.95. The molecular weight excluding hydrogens is 287 g/mol. The molecule has 1 aromatic carbocycles. The molecule has 1 amide bonds. The smallest absolute Gasteiger partial charge is 0.224 e. The van der Waals surface area contributed by atoms with Crippen LogP contribution in [0.3, 0.4) is 0 Å². The number of anilines is 3. The lowest BCUT2D eigenvalue weighted by molar-refractivity contribution is -0.114. The van der Waals surface area contributed by atoms with E-state index >= 15 is 0 Å². The van der Waals surface area contributed by atoms with Gasteiger partial charge in [-0.25, -0.2) is 4.98 Å². The molecule has 1 aromatic heterocycles. The largest absolute Gasteiger partial charge is 0.337 e. The van der Waals surface area contributed by atoms with Crippen LogP contribution in [0.15, 0.2) is 30.5 Å². The van der Waals surface area contributed by atoms with Gasteiger partial charge in [0.1, 0.15) is 5.02 Å². The average Bonchev–Trinajstić information content (AvgIpc) is 2.35. The van der Waals surface area contributed by atoms with Crippen LogP contribution in [0.25, 0.3) is 0 Å². The van der Waals surface area contributed by atoms with Crippen molar-refractivity contribution in [2.45, 2.75) is 6.92 Å². The number of halogens is 2. The van der Waals surface area contributed by atoms with E-state index in [0.717, 1.165) is 0 Å². The summed E-state index contributed by atoms with van der Waals surface area (Å²) < 4.78 is 0. The van der Waals surface area contributed by atoms with Crippen LogP contribution in [0.2, 0.25) is 10.3 Å². The van der Waals surface area contributed by atoms with Gasteiger partial charge in [0.05, 0.1) is 17.6 Å². The molecule has 98 valence electrons. The van der Waals surface area contributed by atoms with Crippen LogP contribution in [-0.2, 0) is 4.79 Å². The van der Waals surface area contributed by atoms with Crippen molar-refractivity contribution in [2.24, 2.45) is 0 Å². The number of rotatable bonds is 3. The first-order chi connectivity index (χ1) is 9.06. The number of para-hydroxylation sites is 2. The second-order valence-electron chi connectivity index (χ2n) is 3.69. The quantitative estimate of drug-likeness (QED) is 0.851. The Morgan fingerprint density at radius 1 is 1.21 bits per heavy atom. The predicted octanol–water partition coefficient (Wildman–Crippen LogP) is 3.49. The molecule has 0 aliphatic heterocycles. The van der Waals surface area contributed by atoms with Crippen molar-refractivity contribution in [2.75, 3.05) is 10.6 Å². The molecule has 2 rings (SSSR count). The maximum atomic E-state index is 11.1. The zero-order chi connectivity index (χ0) is 13.8. The Kier molecular flexibility index (Phi) is 4.19. The van der Waals surface area contributed by atoms with E-state index in [-0.39, 0.29) is 11.2 Å². The number of amides is 1. The predicted molar refractivity (Wildman–Crippen MR) is 76.1 cm³/mol. The SMILES string of the molecule is CC(=O)Nc1ccccc1Nc1nc(Cl)ncc1Cl. The fourth-order valence-corrected chi connectivity index (χ4v) is 1.72. The summed E-state index contributed by atoms with van der Waals surface area (Å²) in [6.45, 7) is 1.44. The molecule has 0 fully saturated rings. The number of hydrogen-bond acceptors (Lipinski definition) is 4. The van der Waals surface area contributed by atoms with Crippen LogP contribution in [0.1, 0.15) is 6.92 Å². The van der Waals surface area contributed by atoms with E-state index in [1.54, 1.807) is 12.1 Å². The molecule has 1 heterocycles. The fraction of sp³-hybridized carbons (Fsp3) is 0.0833. The maximum absolute atomic E-state index is 11.1. The topological polar surface area (TPSA) is 66.9 Å². The standard InChI is InChI=1S/C12H10Cl2N4O/c1-7(19)16-9-4-2-3-5-10(9)17-11-8(13)6-15-12(14)18-11/h2-6H,1H3,(H,16,19)(H,15,17,18). The van der Waals surface area contributed by atoms with Gasteiger partial charge >= 0.3 is 0 Å². The Morgan fingerprint density at radius 3 is 2.58 bits per heavy atom. The average molecular weight is 297 g/mol. The molecule has 0 spiro atoms. The molecular formula is C12H10Cl2N4O. The number of nitrogens with zero attached hydrogens (tertiary/aromatic N) is 2. The summed E-state index contributed by atoms with van der Waals surface area (Å²) in [7, 11) is 0. The minimum atomic E-state index is -0.166. The monoisotopic (exact) mass is 296 g/mol. The van der Waals surface area contributed by atoms with Crippen molar-refractivity contribution in [1.82, 2.24) is 9.97 Å². The van der Waals surface area contributed by atoms with Gasteiger partial charge in [0.15, 0.2) is 5.82 Å². The van der Waals surface area contributed by atoms with Crippen LogP contribution < -0.4 is 10.6 Å². The number of aromatic nitrogens is 2. The van der Waals surface area contributed by atoms with Crippen molar-refractivity contribution in [3.8, 4) is 0 Å². The van der Waals surface area contributed by atoms with Crippen LogP contribution >= 0.6 is 23.2 Å². The van der Waals surface area contributed by atoms with Gasteiger partial charge in [-0.3, -0.25) is 4.79 Å². The van der Waals surface area contributed by atoms with Gasteiger partial charge in [-0.15, -0.1) is 0 Å². The van der Waals surface area contributed by atoms with Gasteiger partial charge in [0.25, 0.3) is 0 Å². The molecule has 5 nitrogen and oxygen atoms in total. The van der Waals surface area contributed by atoms with E-state index < -0.39 is 0 Å². The van der Waals surface area contributed by atoms with E-state index in [1.807, 2.05) is 12.1 Å². The lowest BCUT2D eigenvalue weighted by atomic mass is 10.2. The maximum Gasteiger partial charge on any atom is 0.224 e. The molecule has 7 heteroatoms. The van der Waals surface area contributed by atoms with E-state index in [4.69, 9.17) is 23.2 Å². The summed E-state index contributed by atoms with van der Waals surface area (Å²) in [6, 6.07) is 7.19. The van der Waals surface area contributed by atoms with Gasteiger partial charge in [-0.05, 0) is 23.7 Å². The summed E-state index contributed by atoms with van der Waals surface area (Å²) in [6.07, 6.45) is 1.40. The van der Waals surface area contributed by atoms with E-state index in [0.29, 0.717) is 22.2 Å². The highest BCUT2D eigenvalue weighted by Gasteiger charge is 2.08. The summed E-state index contributed by atoms with van der Waals surface area (Å²) in [4.78, 5) is 18.9.